The van der Waals surface area contributed by atoms with Gasteiger partial charge in [0.2, 0.25) is 21.1 Å². The number of hydrogen-bond acceptors (Lipinski definition) is 6. The second-order valence-corrected chi connectivity index (χ2v) is 8.80. The molecule has 2 aromatic carbocycles. The summed E-state index contributed by atoms with van der Waals surface area (Å²) in [7, 11) is -2.59. The van der Waals surface area contributed by atoms with Crippen molar-refractivity contribution in [2.45, 2.75) is 16.7 Å². The summed E-state index contributed by atoms with van der Waals surface area (Å²) in [6.45, 7) is 1.19. The minimum Gasteiger partial charge on any atom is -0.497 e. The van der Waals surface area contributed by atoms with Crippen molar-refractivity contribution in [3.05, 3.63) is 60.2 Å². The lowest BCUT2D eigenvalue weighted by Crippen LogP contribution is -2.55. The molecule has 9 heteroatoms. The van der Waals surface area contributed by atoms with Gasteiger partial charge in [0.1, 0.15) is 5.75 Å². The number of hydrogen-bond donors (Lipinski definition) is 1. The van der Waals surface area contributed by atoms with E-state index in [9.17, 15) is 18.0 Å². The van der Waals surface area contributed by atoms with Crippen molar-refractivity contribution in [1.82, 2.24) is 10.2 Å². The summed E-state index contributed by atoms with van der Waals surface area (Å²) in [6.07, 6.45) is -0.0683. The quantitative estimate of drug-likeness (QED) is 0.701. The lowest BCUT2D eigenvalue weighted by molar-refractivity contribution is -0.137. The third-order valence-corrected chi connectivity index (χ3v) is 6.61. The van der Waals surface area contributed by atoms with E-state index in [1.807, 2.05) is 0 Å². The van der Waals surface area contributed by atoms with Crippen LogP contribution in [-0.2, 0) is 30.6 Å². The van der Waals surface area contributed by atoms with E-state index in [1.165, 1.54) is 24.1 Å². The first-order valence-corrected chi connectivity index (χ1v) is 11.0. The zero-order chi connectivity index (χ0) is 21.6. The molecular formula is C21H24N2O6S. The summed E-state index contributed by atoms with van der Waals surface area (Å²) in [5, 5.41) is 0.735. The van der Waals surface area contributed by atoms with Gasteiger partial charge >= 0.3 is 0 Å². The molecule has 160 valence electrons. The molecule has 0 aliphatic carbocycles. The number of nitrogens with one attached hydrogen (secondary N) is 1. The number of carbonyl (C=O) groups is 2. The lowest BCUT2D eigenvalue weighted by atomic mass is 10.1. The van der Waals surface area contributed by atoms with Crippen molar-refractivity contribution in [3.8, 4) is 5.75 Å². The number of carbonyl (C=O) groups excluding carboxylic acids is 2. The highest BCUT2D eigenvalue weighted by atomic mass is 32.2. The van der Waals surface area contributed by atoms with E-state index >= 15 is 0 Å². The Morgan fingerprint density at radius 3 is 2.30 bits per heavy atom. The third kappa shape index (κ3) is 5.17. The van der Waals surface area contributed by atoms with E-state index in [-0.39, 0.29) is 24.4 Å². The molecule has 1 unspecified atom stereocenters. The van der Waals surface area contributed by atoms with Crippen molar-refractivity contribution in [1.29, 1.82) is 0 Å². The van der Waals surface area contributed by atoms with Gasteiger partial charge in [-0.15, -0.1) is 0 Å². The predicted molar refractivity (Wildman–Crippen MR) is 110 cm³/mol. The van der Waals surface area contributed by atoms with Crippen LogP contribution in [0.1, 0.15) is 5.56 Å². The Morgan fingerprint density at radius 1 is 1.07 bits per heavy atom. The molecule has 2 aromatic rings. The molecule has 1 saturated heterocycles. The Balaban J connectivity index is 1.82. The normalized spacial score (nSPS) is 15.3. The smallest absolute Gasteiger partial charge is 0.261 e. The van der Waals surface area contributed by atoms with Crippen molar-refractivity contribution < 1.29 is 27.5 Å². The first kappa shape index (κ1) is 21.8. The minimum absolute atomic E-state index is 0.0265. The Kier molecular flexibility index (Phi) is 7.07. The highest BCUT2D eigenvalue weighted by molar-refractivity contribution is 7.92. The first-order valence-electron chi connectivity index (χ1n) is 9.49. The zero-order valence-electron chi connectivity index (χ0n) is 16.6. The largest absolute Gasteiger partial charge is 0.497 e. The maximum absolute atomic E-state index is 13.2. The van der Waals surface area contributed by atoms with Gasteiger partial charge in [-0.2, -0.15) is 0 Å². The maximum atomic E-state index is 13.2. The summed E-state index contributed by atoms with van der Waals surface area (Å²) >= 11 is 0. The van der Waals surface area contributed by atoms with Crippen molar-refractivity contribution in [3.63, 3.8) is 0 Å². The van der Waals surface area contributed by atoms with E-state index in [0.29, 0.717) is 24.5 Å². The molecule has 1 fully saturated rings. The number of sulfone groups is 1. The van der Waals surface area contributed by atoms with Crippen LogP contribution in [-0.4, -0.2) is 63.9 Å². The molecule has 0 saturated carbocycles. The molecule has 0 bridgehead atoms. The molecule has 1 atom stereocenters. The van der Waals surface area contributed by atoms with Crippen LogP contribution in [0.3, 0.4) is 0 Å². The van der Waals surface area contributed by atoms with E-state index in [2.05, 4.69) is 5.32 Å². The highest BCUT2D eigenvalue weighted by Crippen LogP contribution is 2.18. The van der Waals surface area contributed by atoms with Gasteiger partial charge < -0.3 is 19.7 Å². The van der Waals surface area contributed by atoms with Gasteiger partial charge in [-0.05, 0) is 29.8 Å². The molecule has 1 heterocycles. The molecule has 1 aliphatic heterocycles. The van der Waals surface area contributed by atoms with E-state index in [1.54, 1.807) is 42.5 Å². The van der Waals surface area contributed by atoms with E-state index < -0.39 is 27.0 Å². The molecular weight excluding hydrogens is 408 g/mol. The van der Waals surface area contributed by atoms with Crippen LogP contribution in [0, 0.1) is 0 Å². The molecule has 3 rings (SSSR count). The molecule has 0 radical (unpaired) electrons. The Hall–Kier alpha value is -2.91. The van der Waals surface area contributed by atoms with Gasteiger partial charge in [-0.3, -0.25) is 9.59 Å². The van der Waals surface area contributed by atoms with Gasteiger partial charge in [0.15, 0.2) is 0 Å². The van der Waals surface area contributed by atoms with Gasteiger partial charge in [0, 0.05) is 13.1 Å². The Bertz CT molecular complexity index is 970. The maximum Gasteiger partial charge on any atom is 0.261 e. The number of rotatable bonds is 7. The van der Waals surface area contributed by atoms with E-state index in [4.69, 9.17) is 9.47 Å². The molecule has 0 aromatic heterocycles. The Morgan fingerprint density at radius 2 is 1.70 bits per heavy atom. The standard InChI is InChI=1S/C21H24N2O6S/c1-28-17-9-7-16(8-10-17)15-19(24)22-20(21(25)23-11-13-29-14-12-23)30(26,27)18-5-3-2-4-6-18/h2-10,20H,11-15H2,1H3,(H,22,24). The number of ether oxygens (including phenoxy) is 2. The number of amides is 2. The van der Waals surface area contributed by atoms with Crippen LogP contribution in [0.5, 0.6) is 5.75 Å². The number of methoxy groups -OCH3 is 1. The number of nitrogens with zero attached hydrogens (tertiary/aromatic N) is 1. The molecule has 30 heavy (non-hydrogen) atoms. The molecule has 1 N–H and O–H groups in total. The second-order valence-electron chi connectivity index (χ2n) is 6.77. The highest BCUT2D eigenvalue weighted by Gasteiger charge is 2.38. The minimum atomic E-state index is -4.13. The predicted octanol–water partition coefficient (Wildman–Crippen LogP) is 1.01. The van der Waals surface area contributed by atoms with E-state index in [0.717, 1.165) is 0 Å². The fourth-order valence-corrected chi connectivity index (χ4v) is 4.60. The molecule has 1 aliphatic rings. The zero-order valence-corrected chi connectivity index (χ0v) is 17.4. The summed E-state index contributed by atoms with van der Waals surface area (Å²) in [5.74, 6) is -0.581. The average Bonchev–Trinajstić information content (AvgIpc) is 2.78. The fraction of sp³-hybridized carbons (Fsp3) is 0.333. The van der Waals surface area contributed by atoms with Crippen molar-refractivity contribution in [2.75, 3.05) is 33.4 Å². The lowest BCUT2D eigenvalue weighted by Gasteiger charge is -2.30. The molecule has 8 nitrogen and oxygen atoms in total. The molecule has 0 spiro atoms. The topological polar surface area (TPSA) is 102 Å². The monoisotopic (exact) mass is 432 g/mol. The van der Waals surface area contributed by atoms with Crippen molar-refractivity contribution in [2.24, 2.45) is 0 Å². The van der Waals surface area contributed by atoms with Gasteiger partial charge in [0.25, 0.3) is 5.91 Å². The fourth-order valence-electron chi connectivity index (χ4n) is 3.09. The summed E-state index contributed by atoms with van der Waals surface area (Å²) < 4.78 is 36.7. The Labute approximate surface area is 175 Å². The number of benzene rings is 2. The van der Waals surface area contributed by atoms with Crippen LogP contribution in [0.4, 0.5) is 0 Å². The van der Waals surface area contributed by atoms with Crippen LogP contribution in [0.15, 0.2) is 59.5 Å². The number of morpholine rings is 1. The van der Waals surface area contributed by atoms with Gasteiger partial charge in [-0.25, -0.2) is 8.42 Å². The SMILES string of the molecule is COc1ccc(CC(=O)NC(C(=O)N2CCOCC2)S(=O)(=O)c2ccccc2)cc1. The van der Waals surface area contributed by atoms with Crippen LogP contribution >= 0.6 is 0 Å². The van der Waals surface area contributed by atoms with Crippen LogP contribution in [0.2, 0.25) is 0 Å². The summed E-state index contributed by atoms with van der Waals surface area (Å²) in [5.41, 5.74) is 0.669. The third-order valence-electron chi connectivity index (χ3n) is 4.74. The molecule has 2 amide bonds. The average molecular weight is 432 g/mol. The second kappa shape index (κ2) is 9.73. The van der Waals surface area contributed by atoms with Crippen LogP contribution < -0.4 is 10.1 Å². The van der Waals surface area contributed by atoms with Crippen molar-refractivity contribution >= 4 is 21.7 Å². The first-order chi connectivity index (χ1) is 14.4. The van der Waals surface area contributed by atoms with Gasteiger partial charge in [-0.1, -0.05) is 30.3 Å². The summed E-state index contributed by atoms with van der Waals surface area (Å²) in [6, 6.07) is 14.5. The summed E-state index contributed by atoms with van der Waals surface area (Å²) in [4.78, 5) is 27.1. The van der Waals surface area contributed by atoms with Crippen LogP contribution in [0.25, 0.3) is 0 Å². The van der Waals surface area contributed by atoms with Gasteiger partial charge in [0.05, 0.1) is 31.6 Å².